The summed E-state index contributed by atoms with van der Waals surface area (Å²) in [6.45, 7) is 5.95. The van der Waals surface area contributed by atoms with Gasteiger partial charge in [0.15, 0.2) is 11.5 Å². The second-order valence-corrected chi connectivity index (χ2v) is 7.22. The Morgan fingerprint density at radius 1 is 1.24 bits per heavy atom. The normalized spacial score (nSPS) is 21.3. The number of nitrogens with zero attached hydrogens (tertiary/aromatic N) is 1. The van der Waals surface area contributed by atoms with Crippen molar-refractivity contribution in [2.75, 3.05) is 11.9 Å². The molecular formula is C17H20F2N2O4. The number of hydrogen-bond donors (Lipinski definition) is 1. The third-order valence-corrected chi connectivity index (χ3v) is 4.13. The molecule has 6 nitrogen and oxygen atoms in total. The summed E-state index contributed by atoms with van der Waals surface area (Å²) < 4.78 is 34.8. The number of rotatable bonds is 2. The van der Waals surface area contributed by atoms with Gasteiger partial charge in [0.05, 0.1) is 0 Å². The number of anilines is 1. The maximum atomic E-state index is 13.1. The van der Waals surface area contributed by atoms with Gasteiger partial charge in [-0.05, 0) is 25.0 Å². The van der Waals surface area contributed by atoms with Gasteiger partial charge in [-0.3, -0.25) is 9.59 Å². The van der Waals surface area contributed by atoms with E-state index in [9.17, 15) is 18.4 Å². The lowest BCUT2D eigenvalue weighted by Crippen LogP contribution is -2.47. The molecule has 2 heterocycles. The number of carbonyl (C=O) groups is 2. The van der Waals surface area contributed by atoms with Gasteiger partial charge in [0.2, 0.25) is 11.8 Å². The monoisotopic (exact) mass is 354 g/mol. The van der Waals surface area contributed by atoms with Crippen LogP contribution < -0.4 is 14.8 Å². The molecule has 1 aromatic carbocycles. The molecule has 1 atom stereocenters. The summed E-state index contributed by atoms with van der Waals surface area (Å²) in [7, 11) is 0. The Morgan fingerprint density at radius 3 is 2.60 bits per heavy atom. The fourth-order valence-corrected chi connectivity index (χ4v) is 2.97. The van der Waals surface area contributed by atoms with Crippen molar-refractivity contribution in [1.82, 2.24) is 4.90 Å². The van der Waals surface area contributed by atoms with E-state index in [2.05, 4.69) is 14.8 Å². The van der Waals surface area contributed by atoms with Gasteiger partial charge in [-0.2, -0.15) is 0 Å². The van der Waals surface area contributed by atoms with Gasteiger partial charge in [-0.15, -0.1) is 8.78 Å². The van der Waals surface area contributed by atoms with E-state index >= 15 is 0 Å². The van der Waals surface area contributed by atoms with Gasteiger partial charge in [-0.1, -0.05) is 20.8 Å². The molecule has 3 rings (SSSR count). The summed E-state index contributed by atoms with van der Waals surface area (Å²) in [4.78, 5) is 26.6. The van der Waals surface area contributed by atoms with Gasteiger partial charge in [0.1, 0.15) is 6.04 Å². The van der Waals surface area contributed by atoms with Crippen molar-refractivity contribution in [3.05, 3.63) is 18.2 Å². The molecule has 2 aliphatic rings. The lowest BCUT2D eigenvalue weighted by atomic mass is 9.94. The second kappa shape index (κ2) is 5.86. The Labute approximate surface area is 144 Å². The first kappa shape index (κ1) is 17.4. The molecule has 2 aliphatic heterocycles. The SMILES string of the molecule is CC(C)(C)C(=O)N1CCCC1C(=O)Nc1ccc2c(c1)OC(F)(F)O2. The number of ether oxygens (including phenoxy) is 2. The van der Waals surface area contributed by atoms with Crippen molar-refractivity contribution in [2.24, 2.45) is 5.41 Å². The van der Waals surface area contributed by atoms with Crippen LogP contribution in [0.25, 0.3) is 0 Å². The van der Waals surface area contributed by atoms with Gasteiger partial charge in [-0.25, -0.2) is 0 Å². The molecule has 0 aromatic heterocycles. The van der Waals surface area contributed by atoms with Crippen molar-refractivity contribution < 1.29 is 27.8 Å². The van der Waals surface area contributed by atoms with E-state index in [1.165, 1.54) is 18.2 Å². The number of likely N-dealkylation sites (tertiary alicyclic amines) is 1. The van der Waals surface area contributed by atoms with Crippen LogP contribution in [0.4, 0.5) is 14.5 Å². The molecule has 0 aliphatic carbocycles. The van der Waals surface area contributed by atoms with Gasteiger partial charge >= 0.3 is 6.29 Å². The van der Waals surface area contributed by atoms with Crippen molar-refractivity contribution in [3.8, 4) is 11.5 Å². The molecule has 0 bridgehead atoms. The molecule has 0 radical (unpaired) electrons. The zero-order chi connectivity index (χ0) is 18.4. The topological polar surface area (TPSA) is 67.9 Å². The Kier molecular flexibility index (Phi) is 4.09. The van der Waals surface area contributed by atoms with Crippen molar-refractivity contribution in [1.29, 1.82) is 0 Å². The van der Waals surface area contributed by atoms with Crippen LogP contribution in [0.15, 0.2) is 18.2 Å². The first-order valence-electron chi connectivity index (χ1n) is 8.09. The van der Waals surface area contributed by atoms with Crippen LogP contribution in [-0.4, -0.2) is 35.6 Å². The molecule has 1 saturated heterocycles. The maximum Gasteiger partial charge on any atom is 0.586 e. The Balaban J connectivity index is 1.72. The molecule has 1 aromatic rings. The summed E-state index contributed by atoms with van der Waals surface area (Å²) in [5.41, 5.74) is -0.271. The molecule has 1 unspecified atom stereocenters. The van der Waals surface area contributed by atoms with Crippen LogP contribution in [0.5, 0.6) is 11.5 Å². The number of carbonyl (C=O) groups excluding carboxylic acids is 2. The van der Waals surface area contributed by atoms with Crippen LogP contribution in [0, 0.1) is 5.41 Å². The van der Waals surface area contributed by atoms with Crippen LogP contribution in [0.2, 0.25) is 0 Å². The average molecular weight is 354 g/mol. The van der Waals surface area contributed by atoms with Gasteiger partial charge in [0, 0.05) is 23.7 Å². The van der Waals surface area contributed by atoms with E-state index in [4.69, 9.17) is 0 Å². The number of alkyl halides is 2. The number of fused-ring (bicyclic) bond motifs is 1. The minimum Gasteiger partial charge on any atom is -0.395 e. The highest BCUT2D eigenvalue weighted by Crippen LogP contribution is 2.42. The smallest absolute Gasteiger partial charge is 0.395 e. The summed E-state index contributed by atoms with van der Waals surface area (Å²) >= 11 is 0. The maximum absolute atomic E-state index is 13.1. The molecule has 1 N–H and O–H groups in total. The number of amides is 2. The van der Waals surface area contributed by atoms with Crippen LogP contribution in [0.1, 0.15) is 33.6 Å². The molecule has 1 fully saturated rings. The molecular weight excluding hydrogens is 334 g/mol. The zero-order valence-corrected chi connectivity index (χ0v) is 14.3. The molecule has 0 saturated carbocycles. The third kappa shape index (κ3) is 3.52. The molecule has 2 amide bonds. The molecule has 25 heavy (non-hydrogen) atoms. The Hall–Kier alpha value is -2.38. The minimum atomic E-state index is -3.70. The Morgan fingerprint density at radius 2 is 1.92 bits per heavy atom. The lowest BCUT2D eigenvalue weighted by Gasteiger charge is -2.30. The quantitative estimate of drug-likeness (QED) is 0.887. The van der Waals surface area contributed by atoms with E-state index in [1.54, 1.807) is 25.7 Å². The molecule has 0 spiro atoms. The van der Waals surface area contributed by atoms with Gasteiger partial charge in [0.25, 0.3) is 0 Å². The lowest BCUT2D eigenvalue weighted by molar-refractivity contribution is -0.286. The van der Waals surface area contributed by atoms with E-state index in [0.717, 1.165) is 6.42 Å². The van der Waals surface area contributed by atoms with Crippen molar-refractivity contribution in [2.45, 2.75) is 45.9 Å². The number of benzene rings is 1. The summed E-state index contributed by atoms with van der Waals surface area (Å²) in [6.07, 6.45) is -2.39. The van der Waals surface area contributed by atoms with Gasteiger partial charge < -0.3 is 19.7 Å². The Bertz CT molecular complexity index is 715. The first-order chi connectivity index (χ1) is 11.6. The first-order valence-corrected chi connectivity index (χ1v) is 8.09. The summed E-state index contributed by atoms with van der Waals surface area (Å²) in [5, 5.41) is 2.66. The van der Waals surface area contributed by atoms with E-state index < -0.39 is 17.8 Å². The van der Waals surface area contributed by atoms with Crippen LogP contribution >= 0.6 is 0 Å². The third-order valence-electron chi connectivity index (χ3n) is 4.13. The highest BCUT2D eigenvalue weighted by Gasteiger charge is 2.43. The fraction of sp³-hybridized carbons (Fsp3) is 0.529. The van der Waals surface area contributed by atoms with Crippen molar-refractivity contribution >= 4 is 17.5 Å². The van der Waals surface area contributed by atoms with E-state index in [-0.39, 0.29) is 23.3 Å². The highest BCUT2D eigenvalue weighted by molar-refractivity contribution is 5.98. The minimum absolute atomic E-state index is 0.0875. The largest absolute Gasteiger partial charge is 0.586 e. The molecule has 136 valence electrons. The predicted molar refractivity (Wildman–Crippen MR) is 85.5 cm³/mol. The summed E-state index contributed by atoms with van der Waals surface area (Å²) in [5.74, 6) is -0.665. The standard InChI is InChI=1S/C17H20F2N2O4/c1-16(2,3)15(23)21-8-4-5-11(21)14(22)20-10-6-7-12-13(9-10)25-17(18,19)24-12/h6-7,9,11H,4-5,8H2,1-3H3,(H,20,22). The second-order valence-electron chi connectivity index (χ2n) is 7.22. The van der Waals surface area contributed by atoms with Crippen LogP contribution in [0.3, 0.4) is 0 Å². The highest BCUT2D eigenvalue weighted by atomic mass is 19.3. The van der Waals surface area contributed by atoms with Crippen molar-refractivity contribution in [3.63, 3.8) is 0 Å². The van der Waals surface area contributed by atoms with E-state index in [0.29, 0.717) is 18.7 Å². The number of halogens is 2. The number of nitrogens with one attached hydrogen (secondary N) is 1. The fourth-order valence-electron chi connectivity index (χ4n) is 2.97. The predicted octanol–water partition coefficient (Wildman–Crippen LogP) is 2.98. The van der Waals surface area contributed by atoms with Crippen LogP contribution in [-0.2, 0) is 9.59 Å². The average Bonchev–Trinajstić information content (AvgIpc) is 3.07. The van der Waals surface area contributed by atoms with E-state index in [1.807, 2.05) is 0 Å². The molecule has 8 heteroatoms. The zero-order valence-electron chi connectivity index (χ0n) is 14.3. The summed E-state index contributed by atoms with van der Waals surface area (Å²) in [6, 6.07) is 3.46. The number of hydrogen-bond acceptors (Lipinski definition) is 4.